The van der Waals surface area contributed by atoms with Crippen LogP contribution >= 0.6 is 11.6 Å². The predicted molar refractivity (Wildman–Crippen MR) is 78.0 cm³/mol. The van der Waals surface area contributed by atoms with Crippen molar-refractivity contribution in [3.05, 3.63) is 70.7 Å². The molecule has 0 aliphatic heterocycles. The fourth-order valence-electron chi connectivity index (χ4n) is 2.10. The third-order valence-electron chi connectivity index (χ3n) is 3.38. The minimum Gasteiger partial charge on any atom is -0.327 e. The standard InChI is InChI=1S/C16H18ClN/c1-12(13-7-3-2-4-8-13)16(18)11-14-9-5-6-10-15(14)17/h2-10,12,16H,11,18H2,1H3. The van der Waals surface area contributed by atoms with Gasteiger partial charge < -0.3 is 5.73 Å². The number of halogens is 1. The van der Waals surface area contributed by atoms with Gasteiger partial charge in [0.05, 0.1) is 0 Å². The van der Waals surface area contributed by atoms with E-state index in [1.54, 1.807) is 0 Å². The van der Waals surface area contributed by atoms with Gasteiger partial charge in [-0.05, 0) is 29.5 Å². The van der Waals surface area contributed by atoms with Crippen LogP contribution in [0.4, 0.5) is 0 Å². The molecule has 0 radical (unpaired) electrons. The van der Waals surface area contributed by atoms with Crippen LogP contribution in [0, 0.1) is 0 Å². The van der Waals surface area contributed by atoms with E-state index in [0.717, 1.165) is 17.0 Å². The van der Waals surface area contributed by atoms with Gasteiger partial charge in [0.2, 0.25) is 0 Å². The molecule has 2 aromatic carbocycles. The fraction of sp³-hybridized carbons (Fsp3) is 0.250. The van der Waals surface area contributed by atoms with Crippen LogP contribution in [0.2, 0.25) is 5.02 Å². The Bertz CT molecular complexity index is 495. The van der Waals surface area contributed by atoms with E-state index < -0.39 is 0 Å². The number of benzene rings is 2. The lowest BCUT2D eigenvalue weighted by Crippen LogP contribution is -2.29. The second-order valence-corrected chi connectivity index (χ2v) is 5.07. The van der Waals surface area contributed by atoms with Gasteiger partial charge in [-0.3, -0.25) is 0 Å². The Hall–Kier alpha value is -1.31. The van der Waals surface area contributed by atoms with Crippen LogP contribution < -0.4 is 5.73 Å². The van der Waals surface area contributed by atoms with Crippen molar-refractivity contribution < 1.29 is 0 Å². The largest absolute Gasteiger partial charge is 0.327 e. The summed E-state index contributed by atoms with van der Waals surface area (Å²) in [6, 6.07) is 18.3. The molecule has 1 nitrogen and oxygen atoms in total. The molecule has 18 heavy (non-hydrogen) atoms. The molecule has 0 saturated heterocycles. The molecule has 94 valence electrons. The molecule has 0 amide bonds. The first kappa shape index (κ1) is 13.1. The maximum Gasteiger partial charge on any atom is 0.0438 e. The molecule has 2 unspecified atom stereocenters. The van der Waals surface area contributed by atoms with E-state index in [1.165, 1.54) is 5.56 Å². The summed E-state index contributed by atoms with van der Waals surface area (Å²) >= 11 is 6.16. The van der Waals surface area contributed by atoms with Gasteiger partial charge in [-0.25, -0.2) is 0 Å². The molecule has 0 aliphatic rings. The van der Waals surface area contributed by atoms with E-state index in [9.17, 15) is 0 Å². The van der Waals surface area contributed by atoms with Gasteiger partial charge in [0.1, 0.15) is 0 Å². The molecule has 2 N–H and O–H groups in total. The van der Waals surface area contributed by atoms with Crippen LogP contribution in [0.3, 0.4) is 0 Å². The minimum atomic E-state index is 0.0762. The zero-order valence-corrected chi connectivity index (χ0v) is 11.3. The maximum atomic E-state index is 6.29. The van der Waals surface area contributed by atoms with Gasteiger partial charge in [0, 0.05) is 11.1 Å². The third kappa shape index (κ3) is 3.12. The lowest BCUT2D eigenvalue weighted by molar-refractivity contribution is 0.564. The molecule has 0 aliphatic carbocycles. The smallest absolute Gasteiger partial charge is 0.0438 e. The molecule has 2 atom stereocenters. The van der Waals surface area contributed by atoms with Crippen LogP contribution in [0.5, 0.6) is 0 Å². The average molecular weight is 260 g/mol. The monoisotopic (exact) mass is 259 g/mol. The van der Waals surface area contributed by atoms with Gasteiger partial charge in [-0.15, -0.1) is 0 Å². The topological polar surface area (TPSA) is 26.0 Å². The highest BCUT2D eigenvalue weighted by Crippen LogP contribution is 2.23. The van der Waals surface area contributed by atoms with Gasteiger partial charge in [0.15, 0.2) is 0 Å². The number of hydrogen-bond donors (Lipinski definition) is 1. The predicted octanol–water partition coefficient (Wildman–Crippen LogP) is 4.01. The van der Waals surface area contributed by atoms with Crippen molar-refractivity contribution >= 4 is 11.6 Å². The summed E-state index contributed by atoms with van der Waals surface area (Å²) in [6.45, 7) is 2.16. The number of nitrogens with two attached hydrogens (primary N) is 1. The van der Waals surface area contributed by atoms with Crippen molar-refractivity contribution in [2.24, 2.45) is 5.73 Å². The first-order chi connectivity index (χ1) is 8.68. The van der Waals surface area contributed by atoms with E-state index in [-0.39, 0.29) is 6.04 Å². The number of rotatable bonds is 4. The molecular weight excluding hydrogens is 242 g/mol. The lowest BCUT2D eigenvalue weighted by atomic mass is 9.90. The second kappa shape index (κ2) is 6.03. The summed E-state index contributed by atoms with van der Waals surface area (Å²) in [4.78, 5) is 0. The molecule has 2 aromatic rings. The molecule has 0 spiro atoms. The summed E-state index contributed by atoms with van der Waals surface area (Å²) in [6.07, 6.45) is 0.801. The lowest BCUT2D eigenvalue weighted by Gasteiger charge is -2.20. The van der Waals surface area contributed by atoms with Gasteiger partial charge in [0.25, 0.3) is 0 Å². The summed E-state index contributed by atoms with van der Waals surface area (Å²) in [5.74, 6) is 0.322. The van der Waals surface area contributed by atoms with Crippen LogP contribution in [0.25, 0.3) is 0 Å². The molecule has 0 saturated carbocycles. The summed E-state index contributed by atoms with van der Waals surface area (Å²) in [7, 11) is 0. The second-order valence-electron chi connectivity index (χ2n) is 4.66. The van der Waals surface area contributed by atoms with Crippen molar-refractivity contribution in [2.75, 3.05) is 0 Å². The highest BCUT2D eigenvalue weighted by atomic mass is 35.5. The van der Waals surface area contributed by atoms with E-state index in [1.807, 2.05) is 42.5 Å². The van der Waals surface area contributed by atoms with Gasteiger partial charge in [-0.1, -0.05) is 67.1 Å². The quantitative estimate of drug-likeness (QED) is 0.882. The molecule has 2 heteroatoms. The van der Waals surface area contributed by atoms with E-state index >= 15 is 0 Å². The van der Waals surface area contributed by atoms with Crippen molar-refractivity contribution in [3.8, 4) is 0 Å². The highest BCUT2D eigenvalue weighted by molar-refractivity contribution is 6.31. The van der Waals surface area contributed by atoms with Crippen molar-refractivity contribution in [2.45, 2.75) is 25.3 Å². The minimum absolute atomic E-state index is 0.0762. The highest BCUT2D eigenvalue weighted by Gasteiger charge is 2.16. The summed E-state index contributed by atoms with van der Waals surface area (Å²) < 4.78 is 0. The summed E-state index contributed by atoms with van der Waals surface area (Å²) in [5, 5.41) is 0.799. The fourth-order valence-corrected chi connectivity index (χ4v) is 2.31. The Balaban J connectivity index is 2.09. The zero-order chi connectivity index (χ0) is 13.0. The van der Waals surface area contributed by atoms with Crippen molar-refractivity contribution in [1.82, 2.24) is 0 Å². The van der Waals surface area contributed by atoms with E-state index in [0.29, 0.717) is 5.92 Å². The molecule has 0 fully saturated rings. The Morgan fingerprint density at radius 1 is 1.00 bits per heavy atom. The zero-order valence-electron chi connectivity index (χ0n) is 10.5. The van der Waals surface area contributed by atoms with Crippen LogP contribution in [0.1, 0.15) is 24.0 Å². The Morgan fingerprint density at radius 2 is 1.61 bits per heavy atom. The van der Waals surface area contributed by atoms with Crippen molar-refractivity contribution in [3.63, 3.8) is 0 Å². The molecule has 0 bridgehead atoms. The van der Waals surface area contributed by atoms with Crippen LogP contribution in [-0.4, -0.2) is 6.04 Å². The Kier molecular flexibility index (Phi) is 4.40. The average Bonchev–Trinajstić information content (AvgIpc) is 2.41. The van der Waals surface area contributed by atoms with E-state index in [2.05, 4.69) is 19.1 Å². The first-order valence-corrected chi connectivity index (χ1v) is 6.60. The van der Waals surface area contributed by atoms with Gasteiger partial charge in [-0.2, -0.15) is 0 Å². The van der Waals surface area contributed by atoms with Crippen molar-refractivity contribution in [1.29, 1.82) is 0 Å². The SMILES string of the molecule is CC(c1ccccc1)C(N)Cc1ccccc1Cl. The summed E-state index contributed by atoms with van der Waals surface area (Å²) in [5.41, 5.74) is 8.69. The van der Waals surface area contributed by atoms with E-state index in [4.69, 9.17) is 17.3 Å². The molecule has 0 aromatic heterocycles. The number of hydrogen-bond acceptors (Lipinski definition) is 1. The third-order valence-corrected chi connectivity index (χ3v) is 3.75. The van der Waals surface area contributed by atoms with Crippen LogP contribution in [-0.2, 0) is 6.42 Å². The van der Waals surface area contributed by atoms with Crippen LogP contribution in [0.15, 0.2) is 54.6 Å². The Labute approximate surface area is 114 Å². The van der Waals surface area contributed by atoms with Gasteiger partial charge >= 0.3 is 0 Å². The molecule has 2 rings (SSSR count). The Morgan fingerprint density at radius 3 is 2.28 bits per heavy atom. The normalized spacial score (nSPS) is 14.2. The first-order valence-electron chi connectivity index (χ1n) is 6.22. The molecule has 0 heterocycles. The maximum absolute atomic E-state index is 6.29. The molecular formula is C16H18ClN.